The maximum absolute atomic E-state index is 5.38. The van der Waals surface area contributed by atoms with E-state index in [9.17, 15) is 0 Å². The molecule has 12 heavy (non-hydrogen) atoms. The van der Waals surface area contributed by atoms with Gasteiger partial charge in [-0.15, -0.1) is 0 Å². The average Bonchev–Trinajstić information content (AvgIpc) is 2.46. The van der Waals surface area contributed by atoms with Crippen LogP contribution in [0.5, 0.6) is 0 Å². The van der Waals surface area contributed by atoms with Crippen molar-refractivity contribution in [2.75, 3.05) is 0 Å². The maximum Gasteiger partial charge on any atom is 0.209 e. The monoisotopic (exact) mass is 226 g/mol. The second-order valence-electron chi connectivity index (χ2n) is 2.42. The fraction of sp³-hybridized carbons (Fsp3) is 0.125. The zero-order chi connectivity index (χ0) is 8.55. The van der Waals surface area contributed by atoms with Crippen molar-refractivity contribution < 1.29 is 4.42 Å². The Hall–Kier alpha value is -0.870. The van der Waals surface area contributed by atoms with Crippen LogP contribution in [-0.4, -0.2) is 4.98 Å². The molecule has 2 rings (SSSR count). The molecule has 1 aromatic heterocycles. The summed E-state index contributed by atoms with van der Waals surface area (Å²) in [5.74, 6) is 0.572. The Morgan fingerprint density at radius 2 is 2.33 bits per heavy atom. The lowest BCUT2D eigenvalue weighted by atomic mass is 10.3. The number of hydrogen-bond acceptors (Lipinski definition) is 3. The molecule has 0 atom stereocenters. The highest BCUT2D eigenvalue weighted by Crippen LogP contribution is 2.19. The number of nitrogens with two attached hydrogens (primary N) is 1. The number of hydrogen-bond donors (Lipinski definition) is 1. The topological polar surface area (TPSA) is 52.0 Å². The van der Waals surface area contributed by atoms with Crippen LogP contribution in [0.4, 0.5) is 0 Å². The van der Waals surface area contributed by atoms with Gasteiger partial charge in [0.05, 0.1) is 6.54 Å². The zero-order valence-corrected chi connectivity index (χ0v) is 7.84. The van der Waals surface area contributed by atoms with Gasteiger partial charge in [0, 0.05) is 4.47 Å². The Morgan fingerprint density at radius 3 is 3.08 bits per heavy atom. The Balaban J connectivity index is 2.67. The van der Waals surface area contributed by atoms with Crippen molar-refractivity contribution >= 4 is 27.0 Å². The molecule has 0 bridgehead atoms. The molecule has 0 saturated carbocycles. The van der Waals surface area contributed by atoms with Crippen LogP contribution in [0.3, 0.4) is 0 Å². The van der Waals surface area contributed by atoms with Crippen molar-refractivity contribution in [1.29, 1.82) is 0 Å². The van der Waals surface area contributed by atoms with Crippen LogP contribution in [0.25, 0.3) is 11.1 Å². The highest BCUT2D eigenvalue weighted by molar-refractivity contribution is 9.10. The van der Waals surface area contributed by atoms with E-state index in [2.05, 4.69) is 20.9 Å². The van der Waals surface area contributed by atoms with Gasteiger partial charge in [0.2, 0.25) is 5.89 Å². The molecule has 1 heterocycles. The van der Waals surface area contributed by atoms with E-state index >= 15 is 0 Å². The largest absolute Gasteiger partial charge is 0.439 e. The van der Waals surface area contributed by atoms with Gasteiger partial charge in [0.15, 0.2) is 5.58 Å². The van der Waals surface area contributed by atoms with Gasteiger partial charge >= 0.3 is 0 Å². The van der Waals surface area contributed by atoms with Crippen LogP contribution in [0.1, 0.15) is 5.89 Å². The van der Waals surface area contributed by atoms with Crippen molar-refractivity contribution in [1.82, 2.24) is 4.98 Å². The molecule has 0 amide bonds. The summed E-state index contributed by atoms with van der Waals surface area (Å²) in [7, 11) is 0. The average molecular weight is 227 g/mol. The molecule has 0 fully saturated rings. The summed E-state index contributed by atoms with van der Waals surface area (Å²) >= 11 is 3.34. The minimum Gasteiger partial charge on any atom is -0.439 e. The van der Waals surface area contributed by atoms with Crippen molar-refractivity contribution in [3.05, 3.63) is 28.6 Å². The number of fused-ring (bicyclic) bond motifs is 1. The van der Waals surface area contributed by atoms with Gasteiger partial charge in [-0.3, -0.25) is 0 Å². The maximum atomic E-state index is 5.38. The predicted molar refractivity (Wildman–Crippen MR) is 49.6 cm³/mol. The first-order chi connectivity index (χ1) is 5.79. The van der Waals surface area contributed by atoms with Crippen molar-refractivity contribution in [2.24, 2.45) is 5.73 Å². The Kier molecular flexibility index (Phi) is 1.86. The quantitative estimate of drug-likeness (QED) is 0.810. The van der Waals surface area contributed by atoms with Gasteiger partial charge in [-0.25, -0.2) is 4.98 Å². The van der Waals surface area contributed by atoms with Crippen LogP contribution in [0.2, 0.25) is 0 Å². The Morgan fingerprint density at radius 1 is 1.50 bits per heavy atom. The minimum atomic E-state index is 0.340. The second kappa shape index (κ2) is 2.88. The van der Waals surface area contributed by atoms with Gasteiger partial charge in [-0.05, 0) is 18.2 Å². The smallest absolute Gasteiger partial charge is 0.209 e. The summed E-state index contributed by atoms with van der Waals surface area (Å²) < 4.78 is 6.31. The molecule has 0 spiro atoms. The number of aromatic nitrogens is 1. The lowest BCUT2D eigenvalue weighted by Gasteiger charge is -1.86. The third kappa shape index (κ3) is 1.23. The van der Waals surface area contributed by atoms with E-state index in [-0.39, 0.29) is 0 Å². The van der Waals surface area contributed by atoms with E-state index in [0.717, 1.165) is 15.6 Å². The number of nitrogens with zero attached hydrogens (tertiary/aromatic N) is 1. The molecular formula is C8H7BrN2O. The Labute approximate surface area is 77.7 Å². The number of halogens is 1. The van der Waals surface area contributed by atoms with Gasteiger partial charge in [0.25, 0.3) is 0 Å². The molecule has 2 N–H and O–H groups in total. The molecule has 3 nitrogen and oxygen atoms in total. The summed E-state index contributed by atoms with van der Waals surface area (Å²) in [5, 5.41) is 0. The van der Waals surface area contributed by atoms with Gasteiger partial charge in [-0.1, -0.05) is 15.9 Å². The van der Waals surface area contributed by atoms with Crippen LogP contribution in [-0.2, 0) is 6.54 Å². The first kappa shape index (κ1) is 7.76. The zero-order valence-electron chi connectivity index (χ0n) is 6.25. The SMILES string of the molecule is NCc1nc2ccc(Br)cc2o1. The number of rotatable bonds is 1. The molecule has 1 aromatic carbocycles. The predicted octanol–water partition coefficient (Wildman–Crippen LogP) is 2.05. The number of oxazole rings is 1. The van der Waals surface area contributed by atoms with Gasteiger partial charge in [0.1, 0.15) is 5.52 Å². The second-order valence-corrected chi connectivity index (χ2v) is 3.34. The molecular weight excluding hydrogens is 220 g/mol. The van der Waals surface area contributed by atoms with Crippen molar-refractivity contribution in [3.63, 3.8) is 0 Å². The first-order valence-electron chi connectivity index (χ1n) is 3.54. The normalized spacial score (nSPS) is 10.8. The Bertz CT molecular complexity index is 410. The molecule has 0 aliphatic heterocycles. The van der Waals surface area contributed by atoms with Crippen LogP contribution in [0.15, 0.2) is 27.1 Å². The summed E-state index contributed by atoms with van der Waals surface area (Å²) in [6.07, 6.45) is 0. The molecule has 0 saturated heterocycles. The summed E-state index contributed by atoms with van der Waals surface area (Å²) in [4.78, 5) is 4.16. The van der Waals surface area contributed by atoms with E-state index in [4.69, 9.17) is 10.2 Å². The van der Waals surface area contributed by atoms with E-state index in [1.807, 2.05) is 18.2 Å². The summed E-state index contributed by atoms with van der Waals surface area (Å²) in [6, 6.07) is 5.69. The van der Waals surface area contributed by atoms with Crippen LogP contribution in [0, 0.1) is 0 Å². The van der Waals surface area contributed by atoms with E-state index < -0.39 is 0 Å². The third-order valence-corrected chi connectivity index (χ3v) is 2.06. The van der Waals surface area contributed by atoms with Crippen molar-refractivity contribution in [3.8, 4) is 0 Å². The summed E-state index contributed by atoms with van der Waals surface area (Å²) in [5.41, 5.74) is 7.00. The van der Waals surface area contributed by atoms with Crippen molar-refractivity contribution in [2.45, 2.75) is 6.54 Å². The fourth-order valence-corrected chi connectivity index (χ4v) is 1.37. The summed E-state index contributed by atoms with van der Waals surface area (Å²) in [6.45, 7) is 0.340. The third-order valence-electron chi connectivity index (χ3n) is 1.57. The molecule has 4 heteroatoms. The molecule has 0 radical (unpaired) electrons. The van der Waals surface area contributed by atoms with Gasteiger partial charge < -0.3 is 10.2 Å². The molecule has 0 aliphatic rings. The lowest BCUT2D eigenvalue weighted by molar-refractivity contribution is 0.533. The van der Waals surface area contributed by atoms with E-state index in [0.29, 0.717) is 12.4 Å². The van der Waals surface area contributed by atoms with Crippen LogP contribution < -0.4 is 5.73 Å². The number of benzene rings is 1. The van der Waals surface area contributed by atoms with Crippen LogP contribution >= 0.6 is 15.9 Å². The highest BCUT2D eigenvalue weighted by Gasteiger charge is 2.03. The molecule has 2 aromatic rings. The highest BCUT2D eigenvalue weighted by atomic mass is 79.9. The minimum absolute atomic E-state index is 0.340. The molecule has 0 aliphatic carbocycles. The lowest BCUT2D eigenvalue weighted by Crippen LogP contribution is -1.94. The van der Waals surface area contributed by atoms with E-state index in [1.54, 1.807) is 0 Å². The molecule has 0 unspecified atom stereocenters. The fourth-order valence-electron chi connectivity index (χ4n) is 1.03. The van der Waals surface area contributed by atoms with Gasteiger partial charge in [-0.2, -0.15) is 0 Å². The van der Waals surface area contributed by atoms with E-state index in [1.165, 1.54) is 0 Å². The first-order valence-corrected chi connectivity index (χ1v) is 4.34. The molecule has 62 valence electrons. The standard InChI is InChI=1S/C8H7BrN2O/c9-5-1-2-6-7(3-5)12-8(4-10)11-6/h1-3H,4,10H2.